The van der Waals surface area contributed by atoms with Gasteiger partial charge >= 0.3 is 0 Å². The molecule has 0 aliphatic carbocycles. The maximum atomic E-state index is 12.4. The molecule has 0 aliphatic heterocycles. The molecule has 28 heavy (non-hydrogen) atoms. The number of carbonyl (C=O) groups is 1. The highest BCUT2D eigenvalue weighted by Gasteiger charge is 2.09. The molecule has 0 unspecified atom stereocenters. The fourth-order valence-corrected chi connectivity index (χ4v) is 3.10. The molecule has 3 aromatic carbocycles. The molecule has 0 aliphatic rings. The van der Waals surface area contributed by atoms with Gasteiger partial charge in [0.25, 0.3) is 0 Å². The number of hydrogen-bond acceptors (Lipinski definition) is 4. The van der Waals surface area contributed by atoms with Crippen LogP contribution in [0, 0.1) is 0 Å². The van der Waals surface area contributed by atoms with Gasteiger partial charge in [-0.2, -0.15) is 0 Å². The van der Waals surface area contributed by atoms with E-state index >= 15 is 0 Å². The van der Waals surface area contributed by atoms with Gasteiger partial charge in [-0.15, -0.1) is 0 Å². The Kier molecular flexibility index (Phi) is 6.82. The van der Waals surface area contributed by atoms with E-state index in [9.17, 15) is 15.0 Å². The Morgan fingerprint density at radius 1 is 0.964 bits per heavy atom. The van der Waals surface area contributed by atoms with Crippen LogP contribution in [0.2, 0.25) is 5.02 Å². The van der Waals surface area contributed by atoms with Crippen LogP contribution >= 0.6 is 11.6 Å². The van der Waals surface area contributed by atoms with Crippen molar-refractivity contribution < 1.29 is 15.0 Å². The molecule has 0 bridgehead atoms. The van der Waals surface area contributed by atoms with Crippen molar-refractivity contribution in [3.8, 4) is 5.75 Å². The minimum Gasteiger partial charge on any atom is -0.508 e. The Labute approximate surface area is 169 Å². The topological polar surface area (TPSA) is 69.6 Å². The number of rotatable bonds is 8. The highest BCUT2D eigenvalue weighted by atomic mass is 35.5. The molecule has 3 aromatic rings. The second-order valence-corrected chi connectivity index (χ2v) is 7.03. The quantitative estimate of drug-likeness (QED) is 0.396. The summed E-state index contributed by atoms with van der Waals surface area (Å²) in [6, 6.07) is 20.9. The molecule has 0 amide bonds. The molecule has 0 radical (unpaired) electrons. The van der Waals surface area contributed by atoms with Crippen molar-refractivity contribution in [3.05, 3.63) is 100 Å². The SMILES string of the molecule is O=C(c1ccc(O)cc1)c1ccc(CCNC[C@H](O)c2cccc(Cl)c2)cc1. The first kappa shape index (κ1) is 20.1. The lowest BCUT2D eigenvalue weighted by Gasteiger charge is -2.12. The van der Waals surface area contributed by atoms with Crippen molar-refractivity contribution >= 4 is 17.4 Å². The smallest absolute Gasteiger partial charge is 0.193 e. The summed E-state index contributed by atoms with van der Waals surface area (Å²) in [7, 11) is 0. The van der Waals surface area contributed by atoms with Crippen molar-refractivity contribution in [2.45, 2.75) is 12.5 Å². The third kappa shape index (κ3) is 5.42. The number of phenols is 1. The van der Waals surface area contributed by atoms with Crippen molar-refractivity contribution in [1.82, 2.24) is 5.32 Å². The third-order valence-electron chi connectivity index (χ3n) is 4.51. The number of halogens is 1. The fourth-order valence-electron chi connectivity index (χ4n) is 2.91. The Morgan fingerprint density at radius 2 is 1.61 bits per heavy atom. The fraction of sp³-hybridized carbons (Fsp3) is 0.174. The molecule has 0 fully saturated rings. The average Bonchev–Trinajstić information content (AvgIpc) is 2.71. The zero-order chi connectivity index (χ0) is 19.9. The van der Waals surface area contributed by atoms with E-state index in [2.05, 4.69) is 5.32 Å². The first-order valence-corrected chi connectivity index (χ1v) is 9.47. The van der Waals surface area contributed by atoms with Crippen LogP contribution in [-0.2, 0) is 6.42 Å². The minimum atomic E-state index is -0.607. The Balaban J connectivity index is 1.48. The summed E-state index contributed by atoms with van der Waals surface area (Å²) in [5, 5.41) is 23.4. The van der Waals surface area contributed by atoms with Crippen LogP contribution in [0.4, 0.5) is 0 Å². The van der Waals surface area contributed by atoms with Crippen molar-refractivity contribution in [2.75, 3.05) is 13.1 Å². The van der Waals surface area contributed by atoms with Gasteiger partial charge in [0.2, 0.25) is 0 Å². The van der Waals surface area contributed by atoms with Crippen LogP contribution in [0.25, 0.3) is 0 Å². The van der Waals surface area contributed by atoms with Crippen molar-refractivity contribution in [1.29, 1.82) is 0 Å². The van der Waals surface area contributed by atoms with Crippen LogP contribution < -0.4 is 5.32 Å². The lowest BCUT2D eigenvalue weighted by atomic mass is 10.0. The number of aliphatic hydroxyl groups is 1. The van der Waals surface area contributed by atoms with Gasteiger partial charge in [-0.1, -0.05) is 48.0 Å². The second-order valence-electron chi connectivity index (χ2n) is 6.60. The standard InChI is InChI=1S/C23H22ClNO3/c24-20-3-1-2-19(14-20)22(27)15-25-13-12-16-4-6-17(7-5-16)23(28)18-8-10-21(26)11-9-18/h1-11,14,22,25-27H,12-13,15H2/t22-/m0/s1. The zero-order valence-electron chi connectivity index (χ0n) is 15.3. The van der Waals surface area contributed by atoms with Gasteiger partial charge in [0, 0.05) is 22.7 Å². The number of phenolic OH excluding ortho intramolecular Hbond substituents is 1. The molecule has 3 N–H and O–H groups in total. The van der Waals surface area contributed by atoms with Crippen molar-refractivity contribution in [2.24, 2.45) is 0 Å². The van der Waals surface area contributed by atoms with Gasteiger partial charge in [-0.25, -0.2) is 0 Å². The van der Waals surface area contributed by atoms with E-state index in [4.69, 9.17) is 11.6 Å². The van der Waals surface area contributed by atoms with E-state index in [1.54, 1.807) is 24.3 Å². The molecular formula is C23H22ClNO3. The maximum absolute atomic E-state index is 12.4. The Bertz CT molecular complexity index is 923. The number of ketones is 1. The van der Waals surface area contributed by atoms with E-state index < -0.39 is 6.10 Å². The van der Waals surface area contributed by atoms with Crippen LogP contribution in [-0.4, -0.2) is 29.1 Å². The van der Waals surface area contributed by atoms with Crippen LogP contribution in [0.15, 0.2) is 72.8 Å². The van der Waals surface area contributed by atoms with E-state index in [-0.39, 0.29) is 11.5 Å². The predicted octanol–water partition coefficient (Wildman–Crippen LogP) is 4.14. The van der Waals surface area contributed by atoms with E-state index in [0.717, 1.165) is 17.5 Å². The molecule has 5 heteroatoms. The van der Waals surface area contributed by atoms with Crippen LogP contribution in [0.5, 0.6) is 5.75 Å². The largest absolute Gasteiger partial charge is 0.508 e. The number of aromatic hydroxyl groups is 1. The second kappa shape index (κ2) is 9.51. The normalized spacial score (nSPS) is 11.9. The van der Waals surface area contributed by atoms with E-state index in [1.165, 1.54) is 12.1 Å². The van der Waals surface area contributed by atoms with Gasteiger partial charge in [0.1, 0.15) is 5.75 Å². The summed E-state index contributed by atoms with van der Waals surface area (Å²) in [5.41, 5.74) is 3.05. The molecule has 0 saturated carbocycles. The van der Waals surface area contributed by atoms with E-state index in [0.29, 0.717) is 29.2 Å². The average molecular weight is 396 g/mol. The maximum Gasteiger partial charge on any atom is 0.193 e. The Hall–Kier alpha value is -2.66. The minimum absolute atomic E-state index is 0.0747. The van der Waals surface area contributed by atoms with Crippen LogP contribution in [0.3, 0.4) is 0 Å². The first-order chi connectivity index (χ1) is 13.5. The molecular weight excluding hydrogens is 374 g/mol. The summed E-state index contributed by atoms with van der Waals surface area (Å²) < 4.78 is 0. The number of benzene rings is 3. The van der Waals surface area contributed by atoms with Gasteiger partial charge in [0.15, 0.2) is 5.78 Å². The Morgan fingerprint density at radius 3 is 2.25 bits per heavy atom. The zero-order valence-corrected chi connectivity index (χ0v) is 16.1. The lowest BCUT2D eigenvalue weighted by Crippen LogP contribution is -2.23. The lowest BCUT2D eigenvalue weighted by molar-refractivity contribution is 0.103. The highest BCUT2D eigenvalue weighted by molar-refractivity contribution is 6.30. The summed E-state index contributed by atoms with van der Waals surface area (Å²) in [6.07, 6.45) is 0.180. The number of carbonyl (C=O) groups excluding carboxylic acids is 1. The van der Waals surface area contributed by atoms with Gasteiger partial charge < -0.3 is 15.5 Å². The molecule has 0 aromatic heterocycles. The van der Waals surface area contributed by atoms with Gasteiger partial charge in [-0.3, -0.25) is 4.79 Å². The molecule has 4 nitrogen and oxygen atoms in total. The van der Waals surface area contributed by atoms with Gasteiger partial charge in [-0.05, 0) is 60.5 Å². The number of nitrogens with one attached hydrogen (secondary N) is 1. The third-order valence-corrected chi connectivity index (χ3v) is 4.74. The molecule has 0 spiro atoms. The van der Waals surface area contributed by atoms with Gasteiger partial charge in [0.05, 0.1) is 6.10 Å². The predicted molar refractivity (Wildman–Crippen MR) is 111 cm³/mol. The van der Waals surface area contributed by atoms with Crippen LogP contribution in [0.1, 0.15) is 33.2 Å². The molecule has 0 saturated heterocycles. The molecule has 3 rings (SSSR count). The molecule has 144 valence electrons. The van der Waals surface area contributed by atoms with E-state index in [1.807, 2.05) is 36.4 Å². The summed E-state index contributed by atoms with van der Waals surface area (Å²) >= 11 is 5.94. The molecule has 1 atom stereocenters. The van der Waals surface area contributed by atoms with Crippen molar-refractivity contribution in [3.63, 3.8) is 0 Å². The monoisotopic (exact) mass is 395 g/mol. The number of aliphatic hydroxyl groups excluding tert-OH is 1. The summed E-state index contributed by atoms with van der Waals surface area (Å²) in [6.45, 7) is 1.15. The summed E-state index contributed by atoms with van der Waals surface area (Å²) in [4.78, 5) is 12.4. The summed E-state index contributed by atoms with van der Waals surface area (Å²) in [5.74, 6) is 0.0641. The molecule has 0 heterocycles. The highest BCUT2D eigenvalue weighted by Crippen LogP contribution is 2.17. The first-order valence-electron chi connectivity index (χ1n) is 9.10. The number of hydrogen-bond donors (Lipinski definition) is 3.